The normalized spacial score (nSPS) is 16.1. The number of rotatable bonds is 3. The molecule has 1 aliphatic heterocycles. The zero-order chi connectivity index (χ0) is 20.4. The Morgan fingerprint density at radius 1 is 1.22 bits per heavy atom. The SMILES string of the molecule is Cc1ccc(NC(=O)C2CCN(C(=O)OC(C)(C)C)CC2)cc1S(N)(=O)=O. The van der Waals surface area contributed by atoms with Gasteiger partial charge in [0, 0.05) is 24.7 Å². The van der Waals surface area contributed by atoms with Crippen molar-refractivity contribution in [3.05, 3.63) is 23.8 Å². The van der Waals surface area contributed by atoms with Gasteiger partial charge in [-0.05, 0) is 58.2 Å². The van der Waals surface area contributed by atoms with Crippen LogP contribution in [0.1, 0.15) is 39.2 Å². The number of primary sulfonamides is 1. The van der Waals surface area contributed by atoms with Crippen molar-refractivity contribution in [3.8, 4) is 0 Å². The molecule has 150 valence electrons. The number of anilines is 1. The Balaban J connectivity index is 1.96. The quantitative estimate of drug-likeness (QED) is 0.811. The van der Waals surface area contributed by atoms with E-state index in [1.165, 1.54) is 6.07 Å². The minimum Gasteiger partial charge on any atom is -0.444 e. The van der Waals surface area contributed by atoms with Gasteiger partial charge < -0.3 is 15.0 Å². The molecule has 8 nitrogen and oxygen atoms in total. The van der Waals surface area contributed by atoms with Crippen molar-refractivity contribution >= 4 is 27.7 Å². The van der Waals surface area contributed by atoms with Crippen molar-refractivity contribution in [1.29, 1.82) is 0 Å². The van der Waals surface area contributed by atoms with Crippen molar-refractivity contribution in [2.75, 3.05) is 18.4 Å². The maximum Gasteiger partial charge on any atom is 0.410 e. The molecule has 9 heteroatoms. The topological polar surface area (TPSA) is 119 Å². The highest BCUT2D eigenvalue weighted by Gasteiger charge is 2.30. The first-order valence-corrected chi connectivity index (χ1v) is 10.3. The first-order chi connectivity index (χ1) is 12.4. The molecular formula is C18H27N3O5S. The fourth-order valence-corrected chi connectivity index (χ4v) is 3.69. The van der Waals surface area contributed by atoms with Crippen LogP contribution in [0.4, 0.5) is 10.5 Å². The molecule has 0 aromatic heterocycles. The van der Waals surface area contributed by atoms with E-state index in [4.69, 9.17) is 9.88 Å². The van der Waals surface area contributed by atoms with Gasteiger partial charge in [0.1, 0.15) is 5.60 Å². The average Bonchev–Trinajstić information content (AvgIpc) is 2.54. The molecule has 0 aliphatic carbocycles. The number of likely N-dealkylation sites (tertiary alicyclic amines) is 1. The number of nitrogens with one attached hydrogen (secondary N) is 1. The highest BCUT2D eigenvalue weighted by Crippen LogP contribution is 2.23. The van der Waals surface area contributed by atoms with Crippen LogP contribution in [0.5, 0.6) is 0 Å². The van der Waals surface area contributed by atoms with E-state index in [1.807, 2.05) is 20.8 Å². The van der Waals surface area contributed by atoms with Crippen LogP contribution in [0.15, 0.2) is 23.1 Å². The lowest BCUT2D eigenvalue weighted by Crippen LogP contribution is -2.43. The molecular weight excluding hydrogens is 370 g/mol. The number of ether oxygens (including phenoxy) is 1. The summed E-state index contributed by atoms with van der Waals surface area (Å²) in [5, 5.41) is 7.94. The summed E-state index contributed by atoms with van der Waals surface area (Å²) in [7, 11) is -3.86. The molecule has 0 saturated carbocycles. The lowest BCUT2D eigenvalue weighted by Gasteiger charge is -2.32. The van der Waals surface area contributed by atoms with Gasteiger partial charge in [0.05, 0.1) is 4.90 Å². The first-order valence-electron chi connectivity index (χ1n) is 8.79. The third-order valence-corrected chi connectivity index (χ3v) is 5.33. The Labute approximate surface area is 160 Å². The lowest BCUT2D eigenvalue weighted by atomic mass is 9.96. The number of nitrogens with two attached hydrogens (primary N) is 1. The maximum absolute atomic E-state index is 12.5. The number of amides is 2. The molecule has 1 heterocycles. The summed E-state index contributed by atoms with van der Waals surface area (Å²) in [5.41, 5.74) is 0.336. The Kier molecular flexibility index (Phi) is 6.16. The second-order valence-electron chi connectivity index (χ2n) is 7.76. The highest BCUT2D eigenvalue weighted by molar-refractivity contribution is 7.89. The van der Waals surface area contributed by atoms with Gasteiger partial charge >= 0.3 is 6.09 Å². The van der Waals surface area contributed by atoms with Crippen LogP contribution in [0, 0.1) is 12.8 Å². The van der Waals surface area contributed by atoms with Crippen LogP contribution in [-0.4, -0.2) is 44.0 Å². The minimum atomic E-state index is -3.86. The Bertz CT molecular complexity index is 822. The fraction of sp³-hybridized carbons (Fsp3) is 0.556. The summed E-state index contributed by atoms with van der Waals surface area (Å²) in [6.45, 7) is 7.93. The number of hydrogen-bond acceptors (Lipinski definition) is 5. The van der Waals surface area contributed by atoms with Gasteiger partial charge in [-0.1, -0.05) is 6.07 Å². The molecule has 0 radical (unpaired) electrons. The molecule has 2 rings (SSSR count). The third-order valence-electron chi connectivity index (χ3n) is 4.28. The number of carbonyl (C=O) groups is 2. The number of benzene rings is 1. The molecule has 1 aliphatic rings. The molecule has 3 N–H and O–H groups in total. The van der Waals surface area contributed by atoms with Gasteiger partial charge in [-0.15, -0.1) is 0 Å². The van der Waals surface area contributed by atoms with E-state index in [2.05, 4.69) is 5.32 Å². The second kappa shape index (κ2) is 7.85. The summed E-state index contributed by atoms with van der Waals surface area (Å²) in [4.78, 5) is 26.2. The number of hydrogen-bond donors (Lipinski definition) is 2. The van der Waals surface area contributed by atoms with Crippen molar-refractivity contribution in [2.24, 2.45) is 11.1 Å². The predicted octanol–water partition coefficient (Wildman–Crippen LogP) is 2.23. The van der Waals surface area contributed by atoms with Crippen molar-refractivity contribution in [2.45, 2.75) is 51.0 Å². The summed E-state index contributed by atoms with van der Waals surface area (Å²) in [6.07, 6.45) is 0.649. The van der Waals surface area contributed by atoms with E-state index < -0.39 is 15.6 Å². The van der Waals surface area contributed by atoms with E-state index in [0.29, 0.717) is 37.2 Å². The number of nitrogens with zero attached hydrogens (tertiary/aromatic N) is 1. The lowest BCUT2D eigenvalue weighted by molar-refractivity contribution is -0.121. The summed E-state index contributed by atoms with van der Waals surface area (Å²) >= 11 is 0. The van der Waals surface area contributed by atoms with E-state index >= 15 is 0 Å². The van der Waals surface area contributed by atoms with Crippen LogP contribution in [-0.2, 0) is 19.6 Å². The maximum atomic E-state index is 12.5. The molecule has 0 unspecified atom stereocenters. The smallest absolute Gasteiger partial charge is 0.410 e. The van der Waals surface area contributed by atoms with Gasteiger partial charge in [-0.2, -0.15) is 0 Å². The highest BCUT2D eigenvalue weighted by atomic mass is 32.2. The van der Waals surface area contributed by atoms with Gasteiger partial charge in [0.25, 0.3) is 0 Å². The van der Waals surface area contributed by atoms with Gasteiger partial charge in [-0.3, -0.25) is 4.79 Å². The Morgan fingerprint density at radius 3 is 2.33 bits per heavy atom. The molecule has 1 aromatic rings. The van der Waals surface area contributed by atoms with Crippen LogP contribution in [0.2, 0.25) is 0 Å². The minimum absolute atomic E-state index is 0.0138. The number of aryl methyl sites for hydroxylation is 1. The molecule has 1 fully saturated rings. The third kappa shape index (κ3) is 5.93. The Morgan fingerprint density at radius 2 is 1.81 bits per heavy atom. The van der Waals surface area contributed by atoms with E-state index in [1.54, 1.807) is 24.0 Å². The molecule has 0 spiro atoms. The second-order valence-corrected chi connectivity index (χ2v) is 9.29. The predicted molar refractivity (Wildman–Crippen MR) is 102 cm³/mol. The Hall–Kier alpha value is -2.13. The fourth-order valence-electron chi connectivity index (χ4n) is 2.88. The molecule has 1 aromatic carbocycles. The monoisotopic (exact) mass is 397 g/mol. The van der Waals surface area contributed by atoms with E-state index in [0.717, 1.165) is 0 Å². The van der Waals surface area contributed by atoms with Gasteiger partial charge in [0.2, 0.25) is 15.9 Å². The van der Waals surface area contributed by atoms with Crippen LogP contribution >= 0.6 is 0 Å². The van der Waals surface area contributed by atoms with E-state index in [9.17, 15) is 18.0 Å². The van der Waals surface area contributed by atoms with Gasteiger partial charge in [-0.25, -0.2) is 18.4 Å². The van der Waals surface area contributed by atoms with Crippen molar-refractivity contribution in [3.63, 3.8) is 0 Å². The van der Waals surface area contributed by atoms with Gasteiger partial charge in [0.15, 0.2) is 0 Å². The largest absolute Gasteiger partial charge is 0.444 e. The van der Waals surface area contributed by atoms with Crippen LogP contribution < -0.4 is 10.5 Å². The summed E-state index contributed by atoms with van der Waals surface area (Å²) in [5.74, 6) is -0.467. The van der Waals surface area contributed by atoms with E-state index in [-0.39, 0.29) is 22.8 Å². The summed E-state index contributed by atoms with van der Waals surface area (Å²) in [6, 6.07) is 4.59. The molecule has 0 atom stereocenters. The number of sulfonamides is 1. The molecule has 2 amide bonds. The first kappa shape index (κ1) is 21.2. The standard InChI is InChI=1S/C18H27N3O5S/c1-12-5-6-14(11-15(12)27(19,24)25)20-16(22)13-7-9-21(10-8-13)17(23)26-18(2,3)4/h5-6,11,13H,7-10H2,1-4H3,(H,20,22)(H2,19,24,25). The van der Waals surface area contributed by atoms with Crippen molar-refractivity contribution < 1.29 is 22.7 Å². The van der Waals surface area contributed by atoms with Crippen molar-refractivity contribution in [1.82, 2.24) is 4.90 Å². The molecule has 27 heavy (non-hydrogen) atoms. The summed E-state index contributed by atoms with van der Waals surface area (Å²) < 4.78 is 28.6. The molecule has 0 bridgehead atoms. The van der Waals surface area contributed by atoms with Crippen LogP contribution in [0.3, 0.4) is 0 Å². The van der Waals surface area contributed by atoms with Crippen LogP contribution in [0.25, 0.3) is 0 Å². The number of piperidine rings is 1. The zero-order valence-corrected chi connectivity index (χ0v) is 16.9. The number of carbonyl (C=O) groups excluding carboxylic acids is 2. The average molecular weight is 397 g/mol. The zero-order valence-electron chi connectivity index (χ0n) is 16.1. The molecule has 1 saturated heterocycles.